The minimum atomic E-state index is -0.647. The van der Waals surface area contributed by atoms with Crippen LogP contribution in [0.5, 0.6) is 5.75 Å². The van der Waals surface area contributed by atoms with Crippen molar-refractivity contribution in [3.63, 3.8) is 0 Å². The lowest BCUT2D eigenvalue weighted by atomic mass is 10.1. The van der Waals surface area contributed by atoms with E-state index < -0.39 is 5.97 Å². The number of hydrogen-bond acceptors (Lipinski definition) is 4. The number of benzene rings is 1. The van der Waals surface area contributed by atoms with Crippen molar-refractivity contribution in [3.05, 3.63) is 28.3 Å². The Morgan fingerprint density at radius 3 is 2.60 bits per heavy atom. The standard InChI is InChI=1S/C10H8ClNO3/c1-14-8-4-3-7(11)6(5-12)9(8)10(13)15-2/h3-4H,1-2H3. The van der Waals surface area contributed by atoms with E-state index >= 15 is 0 Å². The number of halogens is 1. The Labute approximate surface area is 92.0 Å². The maximum absolute atomic E-state index is 11.4. The Kier molecular flexibility index (Phi) is 3.53. The second kappa shape index (κ2) is 4.67. The van der Waals surface area contributed by atoms with E-state index in [4.69, 9.17) is 21.6 Å². The molecule has 0 amide bonds. The van der Waals surface area contributed by atoms with Crippen molar-refractivity contribution >= 4 is 17.6 Å². The summed E-state index contributed by atoms with van der Waals surface area (Å²) in [5, 5.41) is 9.06. The molecule has 0 aromatic heterocycles. The van der Waals surface area contributed by atoms with Gasteiger partial charge in [0.15, 0.2) is 0 Å². The number of rotatable bonds is 2. The summed E-state index contributed by atoms with van der Waals surface area (Å²) in [6, 6.07) is 4.84. The molecule has 0 aliphatic rings. The number of ether oxygens (including phenoxy) is 2. The molecule has 1 aromatic rings. The zero-order chi connectivity index (χ0) is 11.4. The number of esters is 1. The summed E-state index contributed by atoms with van der Waals surface area (Å²) in [5.74, 6) is -0.381. The molecule has 0 heterocycles. The van der Waals surface area contributed by atoms with Crippen LogP contribution in [0, 0.1) is 11.3 Å². The SMILES string of the molecule is COC(=O)c1c(OC)ccc(Cl)c1C#N. The third kappa shape index (κ3) is 2.03. The van der Waals surface area contributed by atoms with E-state index in [9.17, 15) is 4.79 Å². The normalized spacial score (nSPS) is 9.20. The minimum Gasteiger partial charge on any atom is -0.496 e. The average molecular weight is 226 g/mol. The van der Waals surface area contributed by atoms with Gasteiger partial charge in [0.25, 0.3) is 0 Å². The fraction of sp³-hybridized carbons (Fsp3) is 0.200. The molecule has 0 fully saturated rings. The van der Waals surface area contributed by atoms with Gasteiger partial charge in [0.05, 0.1) is 24.8 Å². The van der Waals surface area contributed by atoms with E-state index in [-0.39, 0.29) is 21.9 Å². The highest BCUT2D eigenvalue weighted by Crippen LogP contribution is 2.28. The van der Waals surface area contributed by atoms with E-state index in [0.717, 1.165) is 0 Å². The Bertz CT molecular complexity index is 437. The van der Waals surface area contributed by atoms with Gasteiger partial charge >= 0.3 is 5.97 Å². The number of nitriles is 1. The lowest BCUT2D eigenvalue weighted by Crippen LogP contribution is -2.07. The molecule has 0 atom stereocenters. The number of methoxy groups -OCH3 is 2. The zero-order valence-electron chi connectivity index (χ0n) is 8.20. The third-order valence-electron chi connectivity index (χ3n) is 1.84. The molecule has 0 bridgehead atoms. The van der Waals surface area contributed by atoms with Crippen molar-refractivity contribution in [3.8, 4) is 11.8 Å². The average Bonchev–Trinajstić information content (AvgIpc) is 2.27. The van der Waals surface area contributed by atoms with Crippen LogP contribution >= 0.6 is 11.6 Å². The largest absolute Gasteiger partial charge is 0.496 e. The topological polar surface area (TPSA) is 59.3 Å². The first-order valence-electron chi connectivity index (χ1n) is 4.00. The monoisotopic (exact) mass is 225 g/mol. The third-order valence-corrected chi connectivity index (χ3v) is 2.15. The highest BCUT2D eigenvalue weighted by Gasteiger charge is 2.20. The summed E-state index contributed by atoms with van der Waals surface area (Å²) in [6.45, 7) is 0. The maximum Gasteiger partial charge on any atom is 0.343 e. The van der Waals surface area contributed by atoms with Gasteiger partial charge in [0, 0.05) is 0 Å². The first kappa shape index (κ1) is 11.3. The Morgan fingerprint density at radius 2 is 2.13 bits per heavy atom. The first-order chi connectivity index (χ1) is 7.15. The van der Waals surface area contributed by atoms with Crippen molar-refractivity contribution in [2.24, 2.45) is 0 Å². The van der Waals surface area contributed by atoms with Crippen LogP contribution in [0.2, 0.25) is 5.02 Å². The fourth-order valence-electron chi connectivity index (χ4n) is 1.14. The number of carbonyl (C=O) groups excluding carboxylic acids is 1. The van der Waals surface area contributed by atoms with Gasteiger partial charge in [-0.15, -0.1) is 0 Å². The Hall–Kier alpha value is -1.73. The van der Waals surface area contributed by atoms with Crippen LogP contribution in [0.25, 0.3) is 0 Å². The zero-order valence-corrected chi connectivity index (χ0v) is 8.96. The molecule has 4 nitrogen and oxygen atoms in total. The summed E-state index contributed by atoms with van der Waals surface area (Å²) < 4.78 is 9.50. The van der Waals surface area contributed by atoms with Crippen molar-refractivity contribution in [2.45, 2.75) is 0 Å². The highest BCUT2D eigenvalue weighted by molar-refractivity contribution is 6.32. The number of nitrogens with zero attached hydrogens (tertiary/aromatic N) is 1. The predicted octanol–water partition coefficient (Wildman–Crippen LogP) is 2.01. The van der Waals surface area contributed by atoms with Crippen molar-refractivity contribution in [2.75, 3.05) is 14.2 Å². The van der Waals surface area contributed by atoms with Gasteiger partial charge in [-0.2, -0.15) is 5.26 Å². The van der Waals surface area contributed by atoms with Gasteiger partial charge in [-0.05, 0) is 12.1 Å². The number of hydrogen-bond donors (Lipinski definition) is 0. The van der Waals surface area contributed by atoms with E-state index in [1.165, 1.54) is 26.4 Å². The molecule has 0 unspecified atom stereocenters. The van der Waals surface area contributed by atoms with Gasteiger partial charge in [-0.25, -0.2) is 4.79 Å². The van der Waals surface area contributed by atoms with Crippen LogP contribution in [-0.4, -0.2) is 20.2 Å². The van der Waals surface area contributed by atoms with Crippen LogP contribution in [0.15, 0.2) is 12.1 Å². The number of carbonyl (C=O) groups is 1. The lowest BCUT2D eigenvalue weighted by molar-refractivity contribution is 0.0596. The smallest absolute Gasteiger partial charge is 0.343 e. The van der Waals surface area contributed by atoms with Crippen molar-refractivity contribution in [1.82, 2.24) is 0 Å². The van der Waals surface area contributed by atoms with E-state index in [2.05, 4.69) is 4.74 Å². The van der Waals surface area contributed by atoms with E-state index in [1.807, 2.05) is 6.07 Å². The molecule has 0 spiro atoms. The molecule has 0 N–H and O–H groups in total. The van der Waals surface area contributed by atoms with Crippen LogP contribution in [0.3, 0.4) is 0 Å². The van der Waals surface area contributed by atoms with Crippen LogP contribution < -0.4 is 4.74 Å². The van der Waals surface area contributed by atoms with Crippen molar-refractivity contribution in [1.29, 1.82) is 5.26 Å². The van der Waals surface area contributed by atoms with Crippen molar-refractivity contribution < 1.29 is 14.3 Å². The quantitative estimate of drug-likeness (QED) is 0.723. The second-order valence-electron chi connectivity index (χ2n) is 2.60. The molecule has 0 saturated carbocycles. The van der Waals surface area contributed by atoms with E-state index in [1.54, 1.807) is 0 Å². The molecular formula is C10H8ClNO3. The maximum atomic E-state index is 11.4. The summed E-state index contributed by atoms with van der Waals surface area (Å²) in [6.07, 6.45) is 0. The molecule has 1 aromatic carbocycles. The van der Waals surface area contributed by atoms with Crippen LogP contribution in [-0.2, 0) is 4.74 Å². The van der Waals surface area contributed by atoms with E-state index in [0.29, 0.717) is 0 Å². The summed E-state index contributed by atoms with van der Waals surface area (Å²) in [7, 11) is 2.63. The minimum absolute atomic E-state index is 0.0509. The molecule has 78 valence electrons. The lowest BCUT2D eigenvalue weighted by Gasteiger charge is -2.08. The summed E-state index contributed by atoms with van der Waals surface area (Å²) in [4.78, 5) is 11.4. The highest BCUT2D eigenvalue weighted by atomic mass is 35.5. The summed E-state index contributed by atoms with van der Waals surface area (Å²) >= 11 is 5.77. The Morgan fingerprint density at radius 1 is 1.47 bits per heavy atom. The molecule has 5 heteroatoms. The van der Waals surface area contributed by atoms with Gasteiger partial charge in [0.2, 0.25) is 0 Å². The first-order valence-corrected chi connectivity index (χ1v) is 4.38. The second-order valence-corrected chi connectivity index (χ2v) is 3.01. The molecule has 0 radical (unpaired) electrons. The molecule has 0 aliphatic heterocycles. The fourth-order valence-corrected chi connectivity index (χ4v) is 1.34. The Balaban J connectivity index is 3.49. The molecule has 15 heavy (non-hydrogen) atoms. The van der Waals surface area contributed by atoms with Gasteiger partial charge in [-0.3, -0.25) is 0 Å². The molecule has 1 rings (SSSR count). The summed E-state index contributed by atoms with van der Waals surface area (Å²) in [5.41, 5.74) is 0.109. The van der Waals surface area contributed by atoms with Gasteiger partial charge in [0.1, 0.15) is 17.4 Å². The molecule has 0 aliphatic carbocycles. The van der Waals surface area contributed by atoms with Crippen LogP contribution in [0.1, 0.15) is 15.9 Å². The van der Waals surface area contributed by atoms with Crippen LogP contribution in [0.4, 0.5) is 0 Å². The molecular weight excluding hydrogens is 218 g/mol. The van der Waals surface area contributed by atoms with Gasteiger partial charge < -0.3 is 9.47 Å². The van der Waals surface area contributed by atoms with Gasteiger partial charge in [-0.1, -0.05) is 11.6 Å². The predicted molar refractivity (Wildman–Crippen MR) is 54.1 cm³/mol. The molecule has 0 saturated heterocycles.